The molecular weight excluding hydrogens is 216 g/mol. The largest absolute Gasteiger partial charge is 0.465 e. The molecule has 17 heavy (non-hydrogen) atoms. The molecule has 1 unspecified atom stereocenters. The highest BCUT2D eigenvalue weighted by molar-refractivity contribution is 5.80. The number of esters is 1. The van der Waals surface area contributed by atoms with Crippen LogP contribution in [0, 0.1) is 0 Å². The van der Waals surface area contributed by atoms with Gasteiger partial charge in [0, 0.05) is 6.04 Å². The Hall–Kier alpha value is -0.610. The maximum Gasteiger partial charge on any atom is 0.326 e. The molecule has 4 nitrogen and oxygen atoms in total. The van der Waals surface area contributed by atoms with Crippen LogP contribution >= 0.6 is 0 Å². The average Bonchev–Trinajstić information content (AvgIpc) is 2.16. The Labute approximate surface area is 106 Å². The number of carbonyl (C=O) groups excluding carboxylic acids is 1. The third kappa shape index (κ3) is 6.64. The van der Waals surface area contributed by atoms with Gasteiger partial charge in [-0.05, 0) is 61.2 Å². The Morgan fingerprint density at radius 3 is 2.41 bits per heavy atom. The summed E-state index contributed by atoms with van der Waals surface area (Å²) in [4.78, 5) is 14.1. The number of rotatable bonds is 8. The van der Waals surface area contributed by atoms with Gasteiger partial charge in [0.05, 0.1) is 6.61 Å². The number of carbonyl (C=O) groups is 1. The van der Waals surface area contributed by atoms with Crippen LogP contribution in [0.25, 0.3) is 0 Å². The van der Waals surface area contributed by atoms with E-state index in [1.807, 2.05) is 41.8 Å². The first-order valence-electron chi connectivity index (χ1n) is 6.41. The fourth-order valence-electron chi connectivity index (χ4n) is 1.91. The molecule has 1 N–H and O–H groups in total. The second-order valence-corrected chi connectivity index (χ2v) is 5.26. The van der Waals surface area contributed by atoms with Crippen molar-refractivity contribution in [2.24, 2.45) is 0 Å². The fraction of sp³-hybridized carbons (Fsp3) is 0.923. The molecule has 1 atom stereocenters. The van der Waals surface area contributed by atoms with E-state index >= 15 is 0 Å². The van der Waals surface area contributed by atoms with Gasteiger partial charge in [-0.15, -0.1) is 0 Å². The van der Waals surface area contributed by atoms with Gasteiger partial charge in [-0.1, -0.05) is 0 Å². The molecule has 0 heterocycles. The molecular formula is C13H28N2O2. The van der Waals surface area contributed by atoms with Crippen LogP contribution in [-0.2, 0) is 9.53 Å². The minimum atomic E-state index is -0.569. The molecule has 0 aliphatic rings. The van der Waals surface area contributed by atoms with Crippen molar-refractivity contribution in [2.75, 3.05) is 27.2 Å². The number of hydrogen-bond donors (Lipinski definition) is 1. The second-order valence-electron chi connectivity index (χ2n) is 5.26. The molecule has 0 rings (SSSR count). The highest BCUT2D eigenvalue weighted by atomic mass is 16.5. The van der Waals surface area contributed by atoms with Crippen molar-refractivity contribution in [2.45, 2.75) is 52.1 Å². The number of ether oxygens (including phenoxy) is 1. The van der Waals surface area contributed by atoms with E-state index in [4.69, 9.17) is 4.74 Å². The Morgan fingerprint density at radius 2 is 2.00 bits per heavy atom. The lowest BCUT2D eigenvalue weighted by Gasteiger charge is -2.31. The highest BCUT2D eigenvalue weighted by Crippen LogP contribution is 2.16. The van der Waals surface area contributed by atoms with Gasteiger partial charge < -0.3 is 9.64 Å². The molecule has 0 amide bonds. The zero-order valence-corrected chi connectivity index (χ0v) is 12.2. The predicted octanol–water partition coefficient (Wildman–Crippen LogP) is 1.65. The SMILES string of the molecule is CCOC(=O)C(C)(CCCN(C)C)NC(C)C. The lowest BCUT2D eigenvalue weighted by molar-refractivity contribution is -0.151. The molecule has 4 heteroatoms. The predicted molar refractivity (Wildman–Crippen MR) is 71.1 cm³/mol. The third-order valence-electron chi connectivity index (χ3n) is 2.62. The van der Waals surface area contributed by atoms with E-state index in [1.165, 1.54) is 0 Å². The summed E-state index contributed by atoms with van der Waals surface area (Å²) < 4.78 is 5.15. The lowest BCUT2D eigenvalue weighted by Crippen LogP contribution is -2.53. The van der Waals surface area contributed by atoms with Gasteiger partial charge >= 0.3 is 5.97 Å². The fourth-order valence-corrected chi connectivity index (χ4v) is 1.91. The van der Waals surface area contributed by atoms with E-state index in [1.54, 1.807) is 0 Å². The zero-order valence-electron chi connectivity index (χ0n) is 12.2. The quantitative estimate of drug-likeness (QED) is 0.659. The van der Waals surface area contributed by atoms with Gasteiger partial charge in [-0.25, -0.2) is 0 Å². The summed E-state index contributed by atoms with van der Waals surface area (Å²) in [5.41, 5.74) is -0.569. The van der Waals surface area contributed by atoms with Crippen LogP contribution in [0.4, 0.5) is 0 Å². The van der Waals surface area contributed by atoms with E-state index in [-0.39, 0.29) is 12.0 Å². The van der Waals surface area contributed by atoms with Gasteiger partial charge in [-0.3, -0.25) is 10.1 Å². The molecule has 0 aliphatic carbocycles. The maximum absolute atomic E-state index is 12.0. The van der Waals surface area contributed by atoms with Crippen molar-refractivity contribution >= 4 is 5.97 Å². The lowest BCUT2D eigenvalue weighted by atomic mass is 9.94. The minimum absolute atomic E-state index is 0.146. The first-order chi connectivity index (χ1) is 7.81. The van der Waals surface area contributed by atoms with Crippen molar-refractivity contribution < 1.29 is 9.53 Å². The smallest absolute Gasteiger partial charge is 0.326 e. The van der Waals surface area contributed by atoms with E-state index < -0.39 is 5.54 Å². The van der Waals surface area contributed by atoms with Crippen molar-refractivity contribution in [1.29, 1.82) is 0 Å². The van der Waals surface area contributed by atoms with Crippen molar-refractivity contribution in [1.82, 2.24) is 10.2 Å². The van der Waals surface area contributed by atoms with Crippen LogP contribution < -0.4 is 5.32 Å². The normalized spacial score (nSPS) is 15.1. The first kappa shape index (κ1) is 16.4. The maximum atomic E-state index is 12.0. The van der Waals surface area contributed by atoms with Crippen LogP contribution in [-0.4, -0.2) is 49.7 Å². The minimum Gasteiger partial charge on any atom is -0.465 e. The third-order valence-corrected chi connectivity index (χ3v) is 2.62. The molecule has 0 aromatic heterocycles. The van der Waals surface area contributed by atoms with Gasteiger partial charge in [0.15, 0.2) is 0 Å². The summed E-state index contributed by atoms with van der Waals surface area (Å²) in [5, 5.41) is 3.32. The summed E-state index contributed by atoms with van der Waals surface area (Å²) >= 11 is 0. The molecule has 0 fully saturated rings. The number of nitrogens with one attached hydrogen (secondary N) is 1. The van der Waals surface area contributed by atoms with Gasteiger partial charge in [-0.2, -0.15) is 0 Å². The standard InChI is InChI=1S/C13H28N2O2/c1-7-17-12(16)13(4,14-11(2)3)9-8-10-15(5)6/h11,14H,7-10H2,1-6H3. The summed E-state index contributed by atoms with van der Waals surface area (Å²) in [5.74, 6) is -0.146. The van der Waals surface area contributed by atoms with Gasteiger partial charge in [0.1, 0.15) is 5.54 Å². The molecule has 0 radical (unpaired) electrons. The van der Waals surface area contributed by atoms with Crippen LogP contribution in [0.3, 0.4) is 0 Å². The van der Waals surface area contributed by atoms with Crippen LogP contribution in [0.2, 0.25) is 0 Å². The molecule has 0 spiro atoms. The highest BCUT2D eigenvalue weighted by Gasteiger charge is 2.34. The van der Waals surface area contributed by atoms with E-state index in [9.17, 15) is 4.79 Å². The topological polar surface area (TPSA) is 41.6 Å². The Balaban J connectivity index is 4.43. The van der Waals surface area contributed by atoms with Crippen LogP contribution in [0.15, 0.2) is 0 Å². The molecule has 0 saturated heterocycles. The Morgan fingerprint density at radius 1 is 1.41 bits per heavy atom. The average molecular weight is 244 g/mol. The molecule has 0 aliphatic heterocycles. The van der Waals surface area contributed by atoms with Gasteiger partial charge in [0.2, 0.25) is 0 Å². The summed E-state index contributed by atoms with van der Waals surface area (Å²) in [7, 11) is 4.08. The Bertz CT molecular complexity index is 229. The monoisotopic (exact) mass is 244 g/mol. The molecule has 0 bridgehead atoms. The molecule has 0 saturated carbocycles. The number of nitrogens with zero attached hydrogens (tertiary/aromatic N) is 1. The summed E-state index contributed by atoms with van der Waals surface area (Å²) in [6, 6.07) is 0.267. The van der Waals surface area contributed by atoms with Crippen LogP contribution in [0.1, 0.15) is 40.5 Å². The molecule has 0 aromatic carbocycles. The zero-order chi connectivity index (χ0) is 13.5. The first-order valence-corrected chi connectivity index (χ1v) is 6.41. The molecule has 0 aromatic rings. The van der Waals surface area contributed by atoms with Crippen molar-refractivity contribution in [3.05, 3.63) is 0 Å². The van der Waals surface area contributed by atoms with E-state index in [0.717, 1.165) is 19.4 Å². The second kappa shape index (κ2) is 7.67. The Kier molecular flexibility index (Phi) is 7.39. The summed E-state index contributed by atoms with van der Waals surface area (Å²) in [6.45, 7) is 9.28. The van der Waals surface area contributed by atoms with E-state index in [0.29, 0.717) is 6.61 Å². The van der Waals surface area contributed by atoms with Gasteiger partial charge in [0.25, 0.3) is 0 Å². The number of hydrogen-bond acceptors (Lipinski definition) is 4. The molecule has 102 valence electrons. The van der Waals surface area contributed by atoms with Crippen molar-refractivity contribution in [3.63, 3.8) is 0 Å². The summed E-state index contributed by atoms with van der Waals surface area (Å²) in [6.07, 6.45) is 1.77. The van der Waals surface area contributed by atoms with Crippen molar-refractivity contribution in [3.8, 4) is 0 Å². The van der Waals surface area contributed by atoms with E-state index in [2.05, 4.69) is 10.2 Å². The van der Waals surface area contributed by atoms with Crippen LogP contribution in [0.5, 0.6) is 0 Å².